The monoisotopic (exact) mass is 832 g/mol. The predicted molar refractivity (Wildman–Crippen MR) is 272 cm³/mol. The van der Waals surface area contributed by atoms with Gasteiger partial charge in [-0.15, -0.1) is 0 Å². The minimum Gasteiger partial charge on any atom is -0.280 e. The molecule has 2 aliphatic rings. The Morgan fingerprint density at radius 3 is 0.615 bits per heavy atom. The highest BCUT2D eigenvalue weighted by atomic mass is 15.8. The minimum absolute atomic E-state index is 1.06. The van der Waals surface area contributed by atoms with E-state index in [2.05, 4.69) is 287 Å². The Bertz CT molecular complexity index is 2850. The Hall–Kier alpha value is -8.60. The number of benzene rings is 10. The van der Waals surface area contributed by atoms with Crippen LogP contribution in [0.15, 0.2) is 267 Å². The average molecular weight is 833 g/mol. The van der Waals surface area contributed by atoms with Gasteiger partial charge in [0.2, 0.25) is 0 Å². The lowest BCUT2D eigenvalue weighted by molar-refractivity contribution is 0.480. The summed E-state index contributed by atoms with van der Waals surface area (Å²) in [4.78, 5) is 10.3. The van der Waals surface area contributed by atoms with E-state index >= 15 is 0 Å². The molecule has 0 saturated heterocycles. The molecule has 0 bridgehead atoms. The molecule has 0 aliphatic carbocycles. The molecular formula is C61H44N4. The van der Waals surface area contributed by atoms with E-state index in [1.54, 1.807) is 0 Å². The van der Waals surface area contributed by atoms with Crippen molar-refractivity contribution in [1.82, 2.24) is 0 Å². The van der Waals surface area contributed by atoms with Crippen LogP contribution in [0.25, 0.3) is 44.5 Å². The summed E-state index contributed by atoms with van der Waals surface area (Å²) in [7, 11) is 0. The Labute approximate surface area is 380 Å². The lowest BCUT2D eigenvalue weighted by Gasteiger charge is -2.53. The SMILES string of the molecule is c1ccc(-c2cccc(N3c4ccccc4N(c4cccc(-c5ccccc5)c4)C34N(c3cccc(-c5ccccc5)c3)c3ccccc3N4c3cccc(-c4ccccc4)c3)c2)cc1. The van der Waals surface area contributed by atoms with E-state index in [1.165, 1.54) is 0 Å². The summed E-state index contributed by atoms with van der Waals surface area (Å²) >= 11 is 0. The number of para-hydroxylation sites is 4. The van der Waals surface area contributed by atoms with Crippen molar-refractivity contribution in [2.45, 2.75) is 5.91 Å². The third-order valence-corrected chi connectivity index (χ3v) is 12.8. The second kappa shape index (κ2) is 15.9. The van der Waals surface area contributed by atoms with Gasteiger partial charge < -0.3 is 0 Å². The average Bonchev–Trinajstić information content (AvgIpc) is 3.86. The number of nitrogens with zero attached hydrogens (tertiary/aromatic N) is 4. The van der Waals surface area contributed by atoms with Crippen LogP contribution in [-0.4, -0.2) is 5.91 Å². The summed E-state index contributed by atoms with van der Waals surface area (Å²) in [6, 6.07) is 96.9. The smallest absolute Gasteiger partial charge is 0.280 e. The van der Waals surface area contributed by atoms with Crippen molar-refractivity contribution in [3.05, 3.63) is 267 Å². The van der Waals surface area contributed by atoms with Crippen LogP contribution in [0.4, 0.5) is 45.5 Å². The van der Waals surface area contributed by atoms with Crippen LogP contribution in [0.2, 0.25) is 0 Å². The highest BCUT2D eigenvalue weighted by Gasteiger charge is 2.64. The summed E-state index contributed by atoms with van der Waals surface area (Å²) < 4.78 is 0. The molecule has 1 spiro atoms. The van der Waals surface area contributed by atoms with Crippen LogP contribution in [0, 0.1) is 0 Å². The molecule has 4 nitrogen and oxygen atoms in total. The van der Waals surface area contributed by atoms with Gasteiger partial charge in [-0.2, -0.15) is 0 Å². The fourth-order valence-electron chi connectivity index (χ4n) is 10.0. The molecule has 308 valence electrons. The predicted octanol–water partition coefficient (Wildman–Crippen LogP) is 16.2. The van der Waals surface area contributed by atoms with Gasteiger partial charge in [0.25, 0.3) is 5.91 Å². The fourth-order valence-corrected chi connectivity index (χ4v) is 10.0. The third-order valence-electron chi connectivity index (χ3n) is 12.8. The van der Waals surface area contributed by atoms with Gasteiger partial charge in [-0.3, -0.25) is 19.6 Å². The van der Waals surface area contributed by atoms with Crippen molar-refractivity contribution >= 4 is 45.5 Å². The van der Waals surface area contributed by atoms with E-state index in [0.717, 1.165) is 90.0 Å². The van der Waals surface area contributed by atoms with Crippen molar-refractivity contribution in [2.75, 3.05) is 19.6 Å². The molecule has 12 rings (SSSR count). The van der Waals surface area contributed by atoms with Crippen LogP contribution >= 0.6 is 0 Å². The lowest BCUT2D eigenvalue weighted by Crippen LogP contribution is -2.70. The Morgan fingerprint density at radius 1 is 0.185 bits per heavy atom. The zero-order valence-corrected chi connectivity index (χ0v) is 35.7. The van der Waals surface area contributed by atoms with E-state index in [-0.39, 0.29) is 0 Å². The molecule has 0 atom stereocenters. The lowest BCUT2D eigenvalue weighted by atomic mass is 10.0. The number of hydrogen-bond acceptors (Lipinski definition) is 4. The topological polar surface area (TPSA) is 13.0 Å². The van der Waals surface area contributed by atoms with E-state index in [9.17, 15) is 0 Å². The first-order valence-electron chi connectivity index (χ1n) is 22.3. The Morgan fingerprint density at radius 2 is 0.385 bits per heavy atom. The van der Waals surface area contributed by atoms with Gasteiger partial charge in [0.1, 0.15) is 0 Å². The minimum atomic E-state index is -1.12. The quantitative estimate of drug-likeness (QED) is 0.151. The number of hydrogen-bond donors (Lipinski definition) is 0. The number of anilines is 8. The molecule has 0 N–H and O–H groups in total. The maximum absolute atomic E-state index is 2.58. The highest BCUT2D eigenvalue weighted by Crippen LogP contribution is 2.65. The first kappa shape index (κ1) is 38.1. The van der Waals surface area contributed by atoms with Crippen LogP contribution < -0.4 is 19.6 Å². The van der Waals surface area contributed by atoms with Crippen LogP contribution in [-0.2, 0) is 0 Å². The third kappa shape index (κ3) is 6.38. The molecule has 0 aromatic heterocycles. The Kier molecular flexibility index (Phi) is 9.35. The Balaban J connectivity index is 1.22. The zero-order chi connectivity index (χ0) is 43.2. The number of fused-ring (bicyclic) bond motifs is 2. The maximum Gasteiger partial charge on any atom is 0.295 e. The summed E-state index contributed by atoms with van der Waals surface area (Å²) in [6.45, 7) is 0. The second-order valence-corrected chi connectivity index (χ2v) is 16.6. The molecular weight excluding hydrogens is 789 g/mol. The van der Waals surface area contributed by atoms with Gasteiger partial charge >= 0.3 is 0 Å². The zero-order valence-electron chi connectivity index (χ0n) is 35.7. The summed E-state index contributed by atoms with van der Waals surface area (Å²) in [6.07, 6.45) is 0. The van der Waals surface area contributed by atoms with Gasteiger partial charge in [0.15, 0.2) is 0 Å². The highest BCUT2D eigenvalue weighted by molar-refractivity contribution is 6.03. The van der Waals surface area contributed by atoms with Crippen LogP contribution in [0.1, 0.15) is 0 Å². The first-order chi connectivity index (χ1) is 32.3. The summed E-state index contributed by atoms with van der Waals surface area (Å²) in [5.74, 6) is -1.12. The van der Waals surface area contributed by atoms with Crippen molar-refractivity contribution in [3.8, 4) is 44.5 Å². The van der Waals surface area contributed by atoms with E-state index in [0.29, 0.717) is 0 Å². The van der Waals surface area contributed by atoms with Crippen LogP contribution in [0.5, 0.6) is 0 Å². The molecule has 2 heterocycles. The molecule has 2 aliphatic heterocycles. The van der Waals surface area contributed by atoms with Crippen molar-refractivity contribution in [2.24, 2.45) is 0 Å². The normalized spacial score (nSPS) is 13.5. The van der Waals surface area contributed by atoms with Crippen LogP contribution in [0.3, 0.4) is 0 Å². The maximum atomic E-state index is 2.58. The molecule has 65 heavy (non-hydrogen) atoms. The van der Waals surface area contributed by atoms with E-state index in [1.807, 2.05) is 0 Å². The molecule has 0 fully saturated rings. The van der Waals surface area contributed by atoms with Gasteiger partial charge in [0, 0.05) is 22.7 Å². The summed E-state index contributed by atoms with van der Waals surface area (Å²) in [5, 5.41) is 0. The van der Waals surface area contributed by atoms with Crippen molar-refractivity contribution in [1.29, 1.82) is 0 Å². The second-order valence-electron chi connectivity index (χ2n) is 16.6. The molecule has 0 amide bonds. The standard InChI is InChI=1S/C61H44N4/c1-5-21-45(22-6-1)49-29-17-33-53(41-49)62-57-37-13-14-38-58(57)63(54-34-18-30-50(42-54)46-23-7-2-8-24-46)61(62)64(55-35-19-31-51(43-55)47-25-9-3-10-26-47)59-39-15-16-40-60(59)65(61)56-36-20-32-52(44-56)48-27-11-4-12-28-48/h1-44H. The summed E-state index contributed by atoms with van der Waals surface area (Å²) in [5.41, 5.74) is 17.8. The van der Waals surface area contributed by atoms with Crippen molar-refractivity contribution in [3.63, 3.8) is 0 Å². The first-order valence-corrected chi connectivity index (χ1v) is 22.3. The molecule has 0 radical (unpaired) electrons. The molecule has 10 aromatic carbocycles. The molecule has 4 heteroatoms. The molecule has 10 aromatic rings. The largest absolute Gasteiger partial charge is 0.295 e. The molecule has 0 saturated carbocycles. The van der Waals surface area contributed by atoms with Gasteiger partial charge in [0.05, 0.1) is 22.7 Å². The van der Waals surface area contributed by atoms with Gasteiger partial charge in [-0.25, -0.2) is 0 Å². The van der Waals surface area contributed by atoms with Gasteiger partial charge in [-0.1, -0.05) is 194 Å². The van der Waals surface area contributed by atoms with E-state index < -0.39 is 5.91 Å². The van der Waals surface area contributed by atoms with Gasteiger partial charge in [-0.05, 0) is 117 Å². The number of rotatable bonds is 8. The fraction of sp³-hybridized carbons (Fsp3) is 0.0164. The molecule has 0 unspecified atom stereocenters. The van der Waals surface area contributed by atoms with E-state index in [4.69, 9.17) is 0 Å². The van der Waals surface area contributed by atoms with Crippen molar-refractivity contribution < 1.29 is 0 Å².